The number of amides is 2. The number of rotatable bonds is 5. The van der Waals surface area contributed by atoms with Crippen molar-refractivity contribution in [1.82, 2.24) is 4.98 Å². The number of para-hydroxylation sites is 2. The maximum absolute atomic E-state index is 12.9. The number of hydrogen-bond acceptors (Lipinski definition) is 5. The Kier molecular flexibility index (Phi) is 5.39. The fraction of sp³-hybridized carbons (Fsp3) is 0.320. The third-order valence-corrected chi connectivity index (χ3v) is 6.43. The smallest absolute Gasteiger partial charge is 0.264 e. The van der Waals surface area contributed by atoms with E-state index in [1.54, 1.807) is 4.90 Å². The summed E-state index contributed by atoms with van der Waals surface area (Å²) in [5.74, 6) is 1.09. The lowest BCUT2D eigenvalue weighted by Gasteiger charge is -2.31. The fourth-order valence-corrected chi connectivity index (χ4v) is 4.61. The largest absolute Gasteiger partial charge is 0.481 e. The molecule has 5 rings (SSSR count). The van der Waals surface area contributed by atoms with Gasteiger partial charge in [0.05, 0.1) is 0 Å². The molecule has 0 spiro atoms. The summed E-state index contributed by atoms with van der Waals surface area (Å²) in [6.45, 7) is 2.12. The number of piperidine rings is 1. The van der Waals surface area contributed by atoms with Crippen LogP contribution in [0.3, 0.4) is 0 Å². The van der Waals surface area contributed by atoms with Gasteiger partial charge in [0.25, 0.3) is 5.91 Å². The first kappa shape index (κ1) is 20.3. The van der Waals surface area contributed by atoms with Gasteiger partial charge in [0.2, 0.25) is 5.91 Å². The van der Waals surface area contributed by atoms with E-state index in [9.17, 15) is 9.59 Å². The number of nitrogens with zero attached hydrogens (tertiary/aromatic N) is 3. The standard InChI is InChI=1S/C25H26N4O3/c26-25(31)19-10-13-28(14-11-19)22-9-8-18-5-3-7-21(24(18)27-22)32-16-23(30)29-15-12-17-4-1-2-6-20(17)29/h1-9,19H,10-16H2,(H2,26,31). The normalized spacial score (nSPS) is 16.2. The number of nitrogens with two attached hydrogens (primary N) is 1. The van der Waals surface area contributed by atoms with E-state index in [1.807, 2.05) is 48.5 Å². The number of carbonyl (C=O) groups excluding carboxylic acids is 2. The molecule has 32 heavy (non-hydrogen) atoms. The zero-order valence-electron chi connectivity index (χ0n) is 17.9. The summed E-state index contributed by atoms with van der Waals surface area (Å²) in [7, 11) is 0. The Labute approximate surface area is 186 Å². The quantitative estimate of drug-likeness (QED) is 0.672. The van der Waals surface area contributed by atoms with Crippen LogP contribution in [0.5, 0.6) is 5.75 Å². The zero-order valence-corrected chi connectivity index (χ0v) is 17.9. The molecule has 7 nitrogen and oxygen atoms in total. The highest BCUT2D eigenvalue weighted by Gasteiger charge is 2.25. The van der Waals surface area contributed by atoms with Crippen molar-refractivity contribution in [1.29, 1.82) is 0 Å². The lowest BCUT2D eigenvalue weighted by molar-refractivity contribution is -0.122. The number of fused-ring (bicyclic) bond motifs is 2. The summed E-state index contributed by atoms with van der Waals surface area (Å²) >= 11 is 0. The molecule has 2 N–H and O–H groups in total. The lowest BCUT2D eigenvalue weighted by atomic mass is 9.96. The lowest BCUT2D eigenvalue weighted by Crippen LogP contribution is -2.38. The molecule has 0 saturated carbocycles. The summed E-state index contributed by atoms with van der Waals surface area (Å²) in [4.78, 5) is 33.1. The van der Waals surface area contributed by atoms with Crippen LogP contribution in [0, 0.1) is 5.92 Å². The Balaban J connectivity index is 1.32. The molecule has 2 aromatic carbocycles. The molecule has 0 radical (unpaired) electrons. The molecule has 0 unspecified atom stereocenters. The Hall–Kier alpha value is -3.61. The molecule has 164 valence electrons. The van der Waals surface area contributed by atoms with Gasteiger partial charge < -0.3 is 20.3 Å². The van der Waals surface area contributed by atoms with E-state index >= 15 is 0 Å². The van der Waals surface area contributed by atoms with Crippen molar-refractivity contribution in [2.45, 2.75) is 19.3 Å². The number of carbonyl (C=O) groups is 2. The van der Waals surface area contributed by atoms with E-state index in [0.29, 0.717) is 12.3 Å². The van der Waals surface area contributed by atoms with Crippen LogP contribution in [0.4, 0.5) is 11.5 Å². The van der Waals surface area contributed by atoms with Crippen LogP contribution in [-0.4, -0.2) is 43.0 Å². The summed E-state index contributed by atoms with van der Waals surface area (Å²) in [5.41, 5.74) is 8.35. The van der Waals surface area contributed by atoms with Crippen molar-refractivity contribution >= 4 is 34.2 Å². The molecular weight excluding hydrogens is 404 g/mol. The van der Waals surface area contributed by atoms with Crippen LogP contribution >= 0.6 is 0 Å². The first-order valence-corrected chi connectivity index (χ1v) is 11.1. The molecule has 1 aromatic heterocycles. The molecule has 3 aromatic rings. The Bertz CT molecular complexity index is 1170. The second-order valence-electron chi connectivity index (χ2n) is 8.37. The molecule has 0 aliphatic carbocycles. The molecule has 0 bridgehead atoms. The summed E-state index contributed by atoms with van der Waals surface area (Å²) < 4.78 is 5.97. The number of aromatic nitrogens is 1. The summed E-state index contributed by atoms with van der Waals surface area (Å²) in [5, 5.41) is 0.956. The molecule has 2 amide bonds. The van der Waals surface area contributed by atoms with Crippen molar-refractivity contribution in [2.24, 2.45) is 11.7 Å². The van der Waals surface area contributed by atoms with E-state index in [1.165, 1.54) is 5.56 Å². The molecule has 7 heteroatoms. The van der Waals surface area contributed by atoms with Gasteiger partial charge in [0.1, 0.15) is 17.1 Å². The van der Waals surface area contributed by atoms with Gasteiger partial charge in [-0.15, -0.1) is 0 Å². The van der Waals surface area contributed by atoms with Crippen molar-refractivity contribution in [3.8, 4) is 5.75 Å². The average Bonchev–Trinajstić information content (AvgIpc) is 3.26. The first-order chi connectivity index (χ1) is 15.6. The number of ether oxygens (including phenoxy) is 1. The maximum atomic E-state index is 12.9. The van der Waals surface area contributed by atoms with Crippen LogP contribution in [0.15, 0.2) is 54.6 Å². The maximum Gasteiger partial charge on any atom is 0.264 e. The van der Waals surface area contributed by atoms with Gasteiger partial charge in [-0.3, -0.25) is 9.59 Å². The molecule has 2 aliphatic rings. The molecule has 1 fully saturated rings. The van der Waals surface area contributed by atoms with Gasteiger partial charge in [-0.1, -0.05) is 30.3 Å². The van der Waals surface area contributed by atoms with Gasteiger partial charge in [-0.05, 0) is 49.1 Å². The highest BCUT2D eigenvalue weighted by atomic mass is 16.5. The predicted molar refractivity (Wildman–Crippen MR) is 124 cm³/mol. The Morgan fingerprint density at radius 3 is 2.62 bits per heavy atom. The molecule has 2 aliphatic heterocycles. The number of primary amides is 1. The van der Waals surface area contributed by atoms with Gasteiger partial charge in [0.15, 0.2) is 6.61 Å². The third kappa shape index (κ3) is 3.86. The molecule has 3 heterocycles. The number of pyridine rings is 1. The van der Waals surface area contributed by atoms with Crippen LogP contribution in [0.25, 0.3) is 10.9 Å². The second kappa shape index (κ2) is 8.49. The van der Waals surface area contributed by atoms with Crippen LogP contribution in [0.1, 0.15) is 18.4 Å². The third-order valence-electron chi connectivity index (χ3n) is 6.43. The number of benzene rings is 2. The minimum Gasteiger partial charge on any atom is -0.481 e. The number of anilines is 2. The van der Waals surface area contributed by atoms with Gasteiger partial charge in [-0.2, -0.15) is 0 Å². The molecule has 0 atom stereocenters. The Morgan fingerprint density at radius 2 is 1.81 bits per heavy atom. The van der Waals surface area contributed by atoms with E-state index < -0.39 is 0 Å². The highest BCUT2D eigenvalue weighted by molar-refractivity contribution is 5.96. The van der Waals surface area contributed by atoms with E-state index in [0.717, 1.165) is 54.8 Å². The minimum absolute atomic E-state index is 0.0383. The summed E-state index contributed by atoms with van der Waals surface area (Å²) in [6, 6.07) is 17.7. The Morgan fingerprint density at radius 1 is 1.00 bits per heavy atom. The SMILES string of the molecule is NC(=O)C1CCN(c2ccc3cccc(OCC(=O)N4CCc5ccccc54)c3n2)CC1. The monoisotopic (exact) mass is 430 g/mol. The van der Waals surface area contributed by atoms with Gasteiger partial charge in [0, 0.05) is 36.6 Å². The van der Waals surface area contributed by atoms with E-state index in [2.05, 4.69) is 11.0 Å². The number of hydrogen-bond donors (Lipinski definition) is 1. The van der Waals surface area contributed by atoms with Crippen molar-refractivity contribution in [3.05, 3.63) is 60.2 Å². The minimum atomic E-state index is -0.225. The van der Waals surface area contributed by atoms with Gasteiger partial charge in [-0.25, -0.2) is 4.98 Å². The topological polar surface area (TPSA) is 88.8 Å². The first-order valence-electron chi connectivity index (χ1n) is 11.1. The van der Waals surface area contributed by atoms with E-state index in [-0.39, 0.29) is 24.3 Å². The zero-order chi connectivity index (χ0) is 22.1. The van der Waals surface area contributed by atoms with Gasteiger partial charge >= 0.3 is 0 Å². The van der Waals surface area contributed by atoms with Crippen LogP contribution in [-0.2, 0) is 16.0 Å². The highest BCUT2D eigenvalue weighted by Crippen LogP contribution is 2.30. The van der Waals surface area contributed by atoms with Crippen molar-refractivity contribution in [3.63, 3.8) is 0 Å². The van der Waals surface area contributed by atoms with Crippen LogP contribution in [0.2, 0.25) is 0 Å². The second-order valence-corrected chi connectivity index (χ2v) is 8.37. The predicted octanol–water partition coefficient (Wildman–Crippen LogP) is 2.90. The molecular formula is C25H26N4O3. The molecule has 1 saturated heterocycles. The van der Waals surface area contributed by atoms with E-state index in [4.69, 9.17) is 15.5 Å². The summed E-state index contributed by atoms with van der Waals surface area (Å²) in [6.07, 6.45) is 2.34. The van der Waals surface area contributed by atoms with Crippen molar-refractivity contribution in [2.75, 3.05) is 36.0 Å². The average molecular weight is 431 g/mol. The van der Waals surface area contributed by atoms with Crippen molar-refractivity contribution < 1.29 is 14.3 Å². The fourth-order valence-electron chi connectivity index (χ4n) is 4.61. The van der Waals surface area contributed by atoms with Crippen LogP contribution < -0.4 is 20.3 Å².